The Hall–Kier alpha value is -1.95. The summed E-state index contributed by atoms with van der Waals surface area (Å²) in [7, 11) is 1.21. The molecule has 0 amide bonds. The van der Waals surface area contributed by atoms with Crippen molar-refractivity contribution in [3.05, 3.63) is 56.4 Å². The minimum Gasteiger partial charge on any atom is -0.464 e. The van der Waals surface area contributed by atoms with E-state index in [1.165, 1.54) is 24.1 Å². The Labute approximate surface area is 118 Å². The van der Waals surface area contributed by atoms with E-state index in [9.17, 15) is 9.59 Å². The molecule has 0 saturated carbocycles. The predicted molar refractivity (Wildman–Crippen MR) is 73.6 cm³/mol. The van der Waals surface area contributed by atoms with E-state index in [1.54, 1.807) is 0 Å². The molecule has 1 aromatic heterocycles. The third kappa shape index (κ3) is 2.73. The summed E-state index contributed by atoms with van der Waals surface area (Å²) in [6.07, 6.45) is 1.51. The summed E-state index contributed by atoms with van der Waals surface area (Å²) in [6.45, 7) is 1.96. The number of hydrogen-bond donors (Lipinski definition) is 0. The second-order valence-electron chi connectivity index (χ2n) is 3.90. The van der Waals surface area contributed by atoms with E-state index < -0.39 is 11.4 Å². The van der Waals surface area contributed by atoms with Crippen molar-refractivity contribution < 1.29 is 9.53 Å². The summed E-state index contributed by atoms with van der Waals surface area (Å²) in [5.74, 6) is -0.745. The zero-order valence-electron chi connectivity index (χ0n) is 10.4. The van der Waals surface area contributed by atoms with Gasteiger partial charge in [0.05, 0.1) is 12.8 Å². The number of hydrogen-bond acceptors (Lipinski definition) is 4. The van der Waals surface area contributed by atoms with Crippen LogP contribution in [0.5, 0.6) is 0 Å². The van der Waals surface area contributed by atoms with Gasteiger partial charge < -0.3 is 4.74 Å². The van der Waals surface area contributed by atoms with E-state index >= 15 is 0 Å². The van der Waals surface area contributed by atoms with E-state index in [4.69, 9.17) is 0 Å². The number of carbonyl (C=O) groups excluding carboxylic acids is 1. The molecule has 0 saturated heterocycles. The molecule has 98 valence electrons. The van der Waals surface area contributed by atoms with Gasteiger partial charge in [0.1, 0.15) is 0 Å². The monoisotopic (exact) mass is 322 g/mol. The number of halogens is 1. The minimum absolute atomic E-state index is 0.235. The summed E-state index contributed by atoms with van der Waals surface area (Å²) in [4.78, 5) is 23.0. The van der Waals surface area contributed by atoms with Crippen molar-refractivity contribution in [3.8, 4) is 5.69 Å². The molecule has 5 nitrogen and oxygen atoms in total. The third-order valence-corrected chi connectivity index (χ3v) is 3.46. The summed E-state index contributed by atoms with van der Waals surface area (Å²) in [5, 5.41) is 3.99. The highest BCUT2D eigenvalue weighted by Gasteiger charge is 2.13. The predicted octanol–water partition coefficient (Wildman–Crippen LogP) is 2.09. The number of aromatic nitrogens is 2. The SMILES string of the molecule is COC(=O)c1nn(-c2ccc(C)c(Br)c2)ccc1=O. The van der Waals surface area contributed by atoms with Crippen molar-refractivity contribution in [2.75, 3.05) is 7.11 Å². The molecule has 6 heteroatoms. The molecule has 19 heavy (non-hydrogen) atoms. The Morgan fingerprint density at radius 2 is 2.11 bits per heavy atom. The number of aryl methyl sites for hydroxylation is 1. The molecular weight excluding hydrogens is 312 g/mol. The van der Waals surface area contributed by atoms with Gasteiger partial charge in [-0.3, -0.25) is 4.79 Å². The van der Waals surface area contributed by atoms with Gasteiger partial charge >= 0.3 is 5.97 Å². The van der Waals surface area contributed by atoms with Crippen LogP contribution in [0.15, 0.2) is 39.7 Å². The topological polar surface area (TPSA) is 61.2 Å². The van der Waals surface area contributed by atoms with E-state index in [-0.39, 0.29) is 5.69 Å². The molecule has 1 heterocycles. The standard InChI is InChI=1S/C13H11BrN2O3/c1-8-3-4-9(7-10(8)14)16-6-5-11(17)12(15-16)13(18)19-2/h3-7H,1-2H3. The van der Waals surface area contributed by atoms with Gasteiger partial charge in [0, 0.05) is 16.7 Å². The average Bonchev–Trinajstić information content (AvgIpc) is 2.41. The van der Waals surface area contributed by atoms with Crippen molar-refractivity contribution in [1.29, 1.82) is 0 Å². The maximum absolute atomic E-state index is 11.5. The van der Waals surface area contributed by atoms with Gasteiger partial charge in [0.2, 0.25) is 11.1 Å². The number of methoxy groups -OCH3 is 1. The molecule has 0 bridgehead atoms. The lowest BCUT2D eigenvalue weighted by molar-refractivity contribution is 0.0590. The lowest BCUT2D eigenvalue weighted by Crippen LogP contribution is -2.21. The molecule has 0 radical (unpaired) electrons. The largest absolute Gasteiger partial charge is 0.464 e. The van der Waals surface area contributed by atoms with Crippen LogP contribution in [-0.2, 0) is 4.74 Å². The quantitative estimate of drug-likeness (QED) is 0.794. The van der Waals surface area contributed by atoms with Crippen LogP contribution in [0.25, 0.3) is 5.69 Å². The van der Waals surface area contributed by atoms with Gasteiger partial charge in [-0.15, -0.1) is 0 Å². The number of esters is 1. The summed E-state index contributed by atoms with van der Waals surface area (Å²) >= 11 is 3.42. The molecule has 2 rings (SSSR count). The van der Waals surface area contributed by atoms with Crippen LogP contribution in [-0.4, -0.2) is 22.9 Å². The maximum Gasteiger partial charge on any atom is 0.362 e. The lowest BCUT2D eigenvalue weighted by Gasteiger charge is -2.08. The summed E-state index contributed by atoms with van der Waals surface area (Å²) in [5.41, 5.74) is 1.12. The molecule has 0 atom stereocenters. The molecule has 0 aliphatic rings. The zero-order valence-corrected chi connectivity index (χ0v) is 12.0. The van der Waals surface area contributed by atoms with Crippen LogP contribution in [0, 0.1) is 6.92 Å². The first-order valence-corrected chi connectivity index (χ1v) is 6.27. The van der Waals surface area contributed by atoms with Crippen molar-refractivity contribution in [2.45, 2.75) is 6.92 Å². The molecule has 0 unspecified atom stereocenters. The van der Waals surface area contributed by atoms with E-state index in [0.717, 1.165) is 15.7 Å². The molecule has 0 aliphatic carbocycles. The van der Waals surface area contributed by atoms with Crippen molar-refractivity contribution >= 4 is 21.9 Å². The van der Waals surface area contributed by atoms with E-state index in [2.05, 4.69) is 25.8 Å². The molecule has 0 N–H and O–H groups in total. The van der Waals surface area contributed by atoms with Crippen LogP contribution < -0.4 is 5.43 Å². The van der Waals surface area contributed by atoms with E-state index in [0.29, 0.717) is 0 Å². The lowest BCUT2D eigenvalue weighted by atomic mass is 10.2. The van der Waals surface area contributed by atoms with Crippen LogP contribution in [0.3, 0.4) is 0 Å². The van der Waals surface area contributed by atoms with Crippen LogP contribution >= 0.6 is 15.9 Å². The van der Waals surface area contributed by atoms with Gasteiger partial charge in [-0.1, -0.05) is 22.0 Å². The fourth-order valence-electron chi connectivity index (χ4n) is 1.51. The first-order chi connectivity index (χ1) is 9.02. The molecule has 0 aliphatic heterocycles. The zero-order chi connectivity index (χ0) is 14.0. The highest BCUT2D eigenvalue weighted by molar-refractivity contribution is 9.10. The van der Waals surface area contributed by atoms with Crippen LogP contribution in [0.1, 0.15) is 16.1 Å². The summed E-state index contributed by atoms with van der Waals surface area (Å²) < 4.78 is 6.90. The first kappa shape index (κ1) is 13.5. The highest BCUT2D eigenvalue weighted by atomic mass is 79.9. The minimum atomic E-state index is -0.745. The second-order valence-corrected chi connectivity index (χ2v) is 4.75. The number of rotatable bonds is 2. The molecule has 0 spiro atoms. The van der Waals surface area contributed by atoms with Crippen molar-refractivity contribution in [3.63, 3.8) is 0 Å². The molecule has 2 aromatic rings. The fraction of sp³-hybridized carbons (Fsp3) is 0.154. The third-order valence-electron chi connectivity index (χ3n) is 2.61. The molecule has 1 aromatic carbocycles. The maximum atomic E-state index is 11.5. The smallest absolute Gasteiger partial charge is 0.362 e. The molecule has 0 fully saturated rings. The Bertz CT molecular complexity index is 695. The van der Waals surface area contributed by atoms with Crippen molar-refractivity contribution in [1.82, 2.24) is 9.78 Å². The second kappa shape index (κ2) is 5.36. The Morgan fingerprint density at radius 3 is 2.74 bits per heavy atom. The Kier molecular flexibility index (Phi) is 3.80. The van der Waals surface area contributed by atoms with Gasteiger partial charge in [-0.2, -0.15) is 5.10 Å². The Balaban J connectivity index is 2.54. The van der Waals surface area contributed by atoms with Crippen molar-refractivity contribution in [2.24, 2.45) is 0 Å². The van der Waals surface area contributed by atoms with Gasteiger partial charge in [-0.25, -0.2) is 9.48 Å². The van der Waals surface area contributed by atoms with Gasteiger partial charge in [0.15, 0.2) is 0 Å². The number of benzene rings is 1. The Morgan fingerprint density at radius 1 is 1.37 bits per heavy atom. The number of nitrogens with zero attached hydrogens (tertiary/aromatic N) is 2. The average molecular weight is 323 g/mol. The first-order valence-electron chi connectivity index (χ1n) is 5.48. The summed E-state index contributed by atoms with van der Waals surface area (Å²) in [6, 6.07) is 6.90. The van der Waals surface area contributed by atoms with E-state index in [1.807, 2.05) is 25.1 Å². The van der Waals surface area contributed by atoms with Gasteiger partial charge in [0.25, 0.3) is 0 Å². The number of carbonyl (C=O) groups is 1. The van der Waals surface area contributed by atoms with Crippen LogP contribution in [0.4, 0.5) is 0 Å². The highest BCUT2D eigenvalue weighted by Crippen LogP contribution is 2.19. The fourth-order valence-corrected chi connectivity index (χ4v) is 1.88. The number of ether oxygens (including phenoxy) is 1. The van der Waals surface area contributed by atoms with Crippen LogP contribution in [0.2, 0.25) is 0 Å². The normalized spacial score (nSPS) is 10.3. The van der Waals surface area contributed by atoms with Gasteiger partial charge in [-0.05, 0) is 24.6 Å². The molecular formula is C13H11BrN2O3.